The van der Waals surface area contributed by atoms with Crippen LogP contribution in [-0.2, 0) is 31.6 Å². The molecule has 28 heavy (non-hydrogen) atoms. The van der Waals surface area contributed by atoms with Crippen LogP contribution in [0.15, 0.2) is 11.0 Å². The zero-order valence-corrected chi connectivity index (χ0v) is 17.0. The number of phosphoric ester groups is 1. The highest BCUT2D eigenvalue weighted by molar-refractivity contribution is 7.71. The van der Waals surface area contributed by atoms with Gasteiger partial charge in [0, 0.05) is 0 Å². The summed E-state index contributed by atoms with van der Waals surface area (Å²) in [5, 5.41) is 0. The third kappa shape index (κ3) is 7.02. The van der Waals surface area contributed by atoms with Gasteiger partial charge in [-0.15, -0.1) is 0 Å². The van der Waals surface area contributed by atoms with Gasteiger partial charge in [-0.05, 0) is 12.8 Å². The second kappa shape index (κ2) is 8.64. The maximum atomic E-state index is 13.5. The molecule has 19 heteroatoms. The normalized spacial score (nSPS) is 24.6. The van der Waals surface area contributed by atoms with Crippen molar-refractivity contribution in [2.75, 3.05) is 6.61 Å². The van der Waals surface area contributed by atoms with Gasteiger partial charge >= 0.3 is 29.2 Å². The molecule has 4 atom stereocenters. The second-order valence-corrected chi connectivity index (χ2v) is 10.1. The highest BCUT2D eigenvalue weighted by Gasteiger charge is 2.41. The van der Waals surface area contributed by atoms with E-state index in [2.05, 4.69) is 30.3 Å². The molecule has 0 aromatic carbocycles. The second-order valence-electron chi connectivity index (χ2n) is 5.32. The topological polar surface area (TPSA) is 207 Å². The van der Waals surface area contributed by atoms with E-state index >= 15 is 0 Å². The Morgan fingerprint density at radius 1 is 1.21 bits per heavy atom. The first-order chi connectivity index (χ1) is 12.7. The molecule has 2 heterocycles. The van der Waals surface area contributed by atoms with Crippen molar-refractivity contribution >= 4 is 35.7 Å². The van der Waals surface area contributed by atoms with Crippen LogP contribution in [0, 0.1) is 10.5 Å². The predicted molar refractivity (Wildman–Crippen MR) is 88.8 cm³/mol. The summed E-state index contributed by atoms with van der Waals surface area (Å²) in [5.41, 5.74) is -0.745. The highest BCUT2D eigenvalue weighted by atomic mass is 32.1. The number of hydrogen-bond donors (Lipinski definition) is 5. The average Bonchev–Trinajstić information content (AvgIpc) is 2.94. The number of aromatic amines is 1. The van der Waals surface area contributed by atoms with Crippen LogP contribution in [0.2, 0.25) is 0 Å². The number of nitrogens with zero attached hydrogens (tertiary/aromatic N) is 1. The Morgan fingerprint density at radius 3 is 2.46 bits per heavy atom. The number of hydrogen-bond acceptors (Lipinski definition) is 9. The Kier molecular flexibility index (Phi) is 7.31. The molecule has 14 nitrogen and oxygen atoms in total. The van der Waals surface area contributed by atoms with Gasteiger partial charge in [0.15, 0.2) is 5.82 Å². The van der Waals surface area contributed by atoms with Gasteiger partial charge in [0.2, 0.25) is 0 Å². The van der Waals surface area contributed by atoms with Gasteiger partial charge < -0.3 is 24.3 Å². The standard InChI is InChI=1S/C9H14FN2O12P3S/c10-6-3-12(9(13)11-8(6)28)7-2-1-5(22-7)4-21-26(17,18)24-27(19,20)23-25(14,15)16/h3,5,7H,1-2,4H2,(H,17,18)(H,19,20)(H,11,13,28)(H2,14,15,16)/t5-,7+/m0/s1. The van der Waals surface area contributed by atoms with Crippen LogP contribution in [0.5, 0.6) is 0 Å². The summed E-state index contributed by atoms with van der Waals surface area (Å²) in [5.74, 6) is -0.866. The van der Waals surface area contributed by atoms with Crippen molar-refractivity contribution in [3.8, 4) is 0 Å². The molecule has 0 bridgehead atoms. The molecule has 2 unspecified atom stereocenters. The molecule has 5 N–H and O–H groups in total. The van der Waals surface area contributed by atoms with Crippen molar-refractivity contribution in [1.82, 2.24) is 9.55 Å². The molecule has 0 spiro atoms. The summed E-state index contributed by atoms with van der Waals surface area (Å²) in [4.78, 5) is 49.2. The molecule has 1 saturated heterocycles. The first-order valence-electron chi connectivity index (χ1n) is 7.12. The van der Waals surface area contributed by atoms with E-state index in [0.717, 1.165) is 10.8 Å². The quantitative estimate of drug-likeness (QED) is 0.258. The number of phosphoric acid groups is 3. The minimum atomic E-state index is -5.62. The smallest absolute Gasteiger partial charge is 0.352 e. The summed E-state index contributed by atoms with van der Waals surface area (Å²) >= 11 is 4.58. The third-order valence-electron chi connectivity index (χ3n) is 3.16. The zero-order chi connectivity index (χ0) is 21.3. The molecular weight excluding hydrogens is 472 g/mol. The Morgan fingerprint density at radius 2 is 1.86 bits per heavy atom. The van der Waals surface area contributed by atoms with Crippen LogP contribution in [0.25, 0.3) is 0 Å². The molecule has 0 amide bonds. The minimum Gasteiger partial charge on any atom is -0.352 e. The number of ether oxygens (including phenoxy) is 1. The van der Waals surface area contributed by atoms with Crippen molar-refractivity contribution in [2.45, 2.75) is 25.2 Å². The molecule has 0 saturated carbocycles. The van der Waals surface area contributed by atoms with Gasteiger partial charge in [0.05, 0.1) is 18.9 Å². The van der Waals surface area contributed by atoms with E-state index in [4.69, 9.17) is 19.4 Å². The molecule has 160 valence electrons. The number of rotatable bonds is 8. The Hall–Kier alpha value is -0.600. The van der Waals surface area contributed by atoms with Gasteiger partial charge in [0.25, 0.3) is 0 Å². The van der Waals surface area contributed by atoms with E-state index in [1.165, 1.54) is 0 Å². The van der Waals surface area contributed by atoms with Crippen molar-refractivity contribution in [2.24, 2.45) is 0 Å². The van der Waals surface area contributed by atoms with Gasteiger partial charge in [-0.2, -0.15) is 8.62 Å². The van der Waals surface area contributed by atoms with E-state index in [-0.39, 0.29) is 17.5 Å². The lowest BCUT2D eigenvalue weighted by atomic mass is 10.2. The summed E-state index contributed by atoms with van der Waals surface area (Å²) in [6.45, 7) is -0.666. The molecule has 1 aromatic rings. The van der Waals surface area contributed by atoms with E-state index in [1.807, 2.05) is 0 Å². The number of halogens is 1. The summed E-state index contributed by atoms with van der Waals surface area (Å²) in [7, 11) is -16.4. The number of H-pyrrole nitrogens is 1. The van der Waals surface area contributed by atoms with Crippen molar-refractivity contribution in [1.29, 1.82) is 0 Å². The highest BCUT2D eigenvalue weighted by Crippen LogP contribution is 2.66. The van der Waals surface area contributed by atoms with Crippen molar-refractivity contribution < 1.29 is 55.5 Å². The fraction of sp³-hybridized carbons (Fsp3) is 0.556. The van der Waals surface area contributed by atoms with Crippen molar-refractivity contribution in [3.63, 3.8) is 0 Å². The van der Waals surface area contributed by atoms with Crippen LogP contribution in [0.4, 0.5) is 4.39 Å². The van der Waals surface area contributed by atoms with E-state index in [0.29, 0.717) is 0 Å². The fourth-order valence-corrected chi connectivity index (χ4v) is 5.36. The van der Waals surface area contributed by atoms with E-state index in [9.17, 15) is 27.8 Å². The molecular formula is C9H14FN2O12P3S. The first-order valence-corrected chi connectivity index (χ1v) is 12.1. The molecule has 2 rings (SSSR count). The van der Waals surface area contributed by atoms with Gasteiger partial charge in [0.1, 0.15) is 10.9 Å². The van der Waals surface area contributed by atoms with Crippen molar-refractivity contribution in [3.05, 3.63) is 27.1 Å². The Balaban J connectivity index is 1.95. The fourth-order valence-electron chi connectivity index (χ4n) is 2.17. The summed E-state index contributed by atoms with van der Waals surface area (Å²) < 4.78 is 64.3. The Bertz CT molecular complexity index is 989. The molecule has 0 radical (unpaired) electrons. The lowest BCUT2D eigenvalue weighted by Gasteiger charge is -2.18. The van der Waals surface area contributed by atoms with Gasteiger partial charge in [-0.3, -0.25) is 14.1 Å². The van der Waals surface area contributed by atoms with E-state index in [1.54, 1.807) is 0 Å². The predicted octanol–water partition coefficient (Wildman–Crippen LogP) is 1.07. The van der Waals surface area contributed by atoms with Gasteiger partial charge in [-0.1, -0.05) is 12.2 Å². The average molecular weight is 486 g/mol. The molecule has 1 aliphatic rings. The monoisotopic (exact) mass is 486 g/mol. The summed E-state index contributed by atoms with van der Waals surface area (Å²) in [6, 6.07) is 0. The maximum Gasteiger partial charge on any atom is 0.490 e. The number of nitrogens with one attached hydrogen (secondary N) is 1. The largest absolute Gasteiger partial charge is 0.490 e. The van der Waals surface area contributed by atoms with Crippen LogP contribution in [0.3, 0.4) is 0 Å². The summed E-state index contributed by atoms with van der Waals surface area (Å²) in [6.07, 6.45) is -0.633. The van der Waals surface area contributed by atoms with Crippen LogP contribution >= 0.6 is 35.7 Å². The maximum absolute atomic E-state index is 13.5. The van der Waals surface area contributed by atoms with Crippen LogP contribution < -0.4 is 5.69 Å². The lowest BCUT2D eigenvalue weighted by Crippen LogP contribution is -2.28. The SMILES string of the molecule is O=c1[nH]c(=S)c(F)cn1[C@H]1CC[C@@H](COP(=O)(O)OP(=O)(O)OP(=O)(O)O)O1. The van der Waals surface area contributed by atoms with E-state index < -0.39 is 53.9 Å². The molecule has 1 aliphatic heterocycles. The van der Waals surface area contributed by atoms with Gasteiger partial charge in [-0.25, -0.2) is 22.9 Å². The molecule has 1 fully saturated rings. The number of aromatic nitrogens is 2. The molecule has 1 aromatic heterocycles. The minimum absolute atomic E-state index is 0.185. The van der Waals surface area contributed by atoms with Crippen LogP contribution in [-0.4, -0.2) is 41.8 Å². The zero-order valence-electron chi connectivity index (χ0n) is 13.5. The van der Waals surface area contributed by atoms with Crippen LogP contribution in [0.1, 0.15) is 19.1 Å². The lowest BCUT2D eigenvalue weighted by molar-refractivity contribution is -0.0247. The Labute approximate surface area is 160 Å². The third-order valence-corrected chi connectivity index (χ3v) is 7.26. The first kappa shape index (κ1) is 23.7. The molecule has 0 aliphatic carbocycles.